The predicted molar refractivity (Wildman–Crippen MR) is 137 cm³/mol. The zero-order valence-corrected chi connectivity index (χ0v) is 20.8. The first-order valence-corrected chi connectivity index (χ1v) is 12.2. The van der Waals surface area contributed by atoms with Crippen LogP contribution in [0.1, 0.15) is 57.2 Å². The molecule has 6 nitrogen and oxygen atoms in total. The number of rotatable bonds is 7. The van der Waals surface area contributed by atoms with Gasteiger partial charge in [-0.2, -0.15) is 0 Å². The maximum atomic E-state index is 13.0. The number of carbonyl (C=O) groups excluding carboxylic acids is 2. The van der Waals surface area contributed by atoms with Crippen molar-refractivity contribution in [3.05, 3.63) is 77.0 Å². The molecule has 0 spiro atoms. The molecule has 1 amide bonds. The number of allylic oxidation sites excluding steroid dienone is 1. The van der Waals surface area contributed by atoms with E-state index in [2.05, 4.69) is 22.8 Å². The van der Waals surface area contributed by atoms with E-state index < -0.39 is 6.04 Å². The first-order valence-electron chi connectivity index (χ1n) is 11.8. The third-order valence-corrected chi connectivity index (χ3v) is 6.68. The van der Waals surface area contributed by atoms with Crippen molar-refractivity contribution in [2.75, 3.05) is 11.9 Å². The number of benzene rings is 2. The molecule has 1 aliphatic carbocycles. The summed E-state index contributed by atoms with van der Waals surface area (Å²) in [6, 6.07) is 17.3. The van der Waals surface area contributed by atoms with Crippen LogP contribution >= 0.6 is 12.2 Å². The Kier molecular flexibility index (Phi) is 7.03. The Hall–Kier alpha value is -3.19. The lowest BCUT2D eigenvalue weighted by Gasteiger charge is -2.37. The summed E-state index contributed by atoms with van der Waals surface area (Å²) < 4.78 is 5.53. The Morgan fingerprint density at radius 1 is 1.12 bits per heavy atom. The fourth-order valence-electron chi connectivity index (χ4n) is 4.50. The highest BCUT2D eigenvalue weighted by Crippen LogP contribution is 2.47. The van der Waals surface area contributed by atoms with E-state index in [1.807, 2.05) is 75.1 Å². The number of hydrogen-bond acceptors (Lipinski definition) is 4. The van der Waals surface area contributed by atoms with E-state index in [0.717, 1.165) is 23.4 Å². The van der Waals surface area contributed by atoms with Crippen LogP contribution in [0.5, 0.6) is 0 Å². The van der Waals surface area contributed by atoms with E-state index in [1.54, 1.807) is 0 Å². The number of esters is 1. The van der Waals surface area contributed by atoms with Crippen LogP contribution in [0.4, 0.5) is 5.69 Å². The summed E-state index contributed by atoms with van der Waals surface area (Å²) >= 11 is 5.55. The summed E-state index contributed by atoms with van der Waals surface area (Å²) in [5, 5.41) is 6.90. The SMILES string of the molecule is CCN1C(=S)N[C@H](c2ccc(NC(=O)[C@@H]3C[C@H]3c3ccccc3)cc2)C(C(=O)OC(C)C)=C1C. The number of thiocarbonyl (C=S) groups is 1. The Bertz CT molecular complexity index is 1110. The smallest absolute Gasteiger partial charge is 0.338 e. The largest absolute Gasteiger partial charge is 0.459 e. The highest BCUT2D eigenvalue weighted by molar-refractivity contribution is 7.80. The maximum Gasteiger partial charge on any atom is 0.338 e. The fraction of sp³-hybridized carbons (Fsp3) is 0.370. The quantitative estimate of drug-likeness (QED) is 0.436. The highest BCUT2D eigenvalue weighted by atomic mass is 32.1. The van der Waals surface area contributed by atoms with Crippen LogP contribution in [-0.4, -0.2) is 34.5 Å². The molecule has 0 aromatic heterocycles. The molecule has 1 fully saturated rings. The molecule has 178 valence electrons. The van der Waals surface area contributed by atoms with Gasteiger partial charge in [-0.05, 0) is 75.5 Å². The number of hydrogen-bond donors (Lipinski definition) is 2. The summed E-state index contributed by atoms with van der Waals surface area (Å²) in [4.78, 5) is 27.6. The number of nitrogens with one attached hydrogen (secondary N) is 2. The maximum absolute atomic E-state index is 13.0. The molecule has 3 atom stereocenters. The van der Waals surface area contributed by atoms with Crippen molar-refractivity contribution in [3.8, 4) is 0 Å². The predicted octanol–water partition coefficient (Wildman–Crippen LogP) is 4.91. The Morgan fingerprint density at radius 3 is 2.41 bits per heavy atom. The van der Waals surface area contributed by atoms with Gasteiger partial charge in [0, 0.05) is 23.8 Å². The minimum atomic E-state index is -0.419. The highest BCUT2D eigenvalue weighted by Gasteiger charge is 2.43. The lowest BCUT2D eigenvalue weighted by molar-refractivity contribution is -0.143. The van der Waals surface area contributed by atoms with E-state index in [-0.39, 0.29) is 29.8 Å². The van der Waals surface area contributed by atoms with Gasteiger partial charge in [-0.25, -0.2) is 4.79 Å². The van der Waals surface area contributed by atoms with Gasteiger partial charge in [-0.15, -0.1) is 0 Å². The van der Waals surface area contributed by atoms with Gasteiger partial charge in [0.1, 0.15) is 0 Å². The van der Waals surface area contributed by atoms with Crippen molar-refractivity contribution in [1.82, 2.24) is 10.2 Å². The van der Waals surface area contributed by atoms with E-state index >= 15 is 0 Å². The third kappa shape index (κ3) is 4.99. The van der Waals surface area contributed by atoms with Crippen molar-refractivity contribution in [3.63, 3.8) is 0 Å². The molecule has 2 aromatic rings. The zero-order chi connectivity index (χ0) is 24.4. The van der Waals surface area contributed by atoms with Crippen molar-refractivity contribution >= 4 is 34.9 Å². The van der Waals surface area contributed by atoms with E-state index in [4.69, 9.17) is 17.0 Å². The van der Waals surface area contributed by atoms with Gasteiger partial charge in [-0.1, -0.05) is 42.5 Å². The molecule has 0 saturated heterocycles. The zero-order valence-electron chi connectivity index (χ0n) is 20.0. The number of anilines is 1. The van der Waals surface area contributed by atoms with Crippen LogP contribution in [-0.2, 0) is 14.3 Å². The van der Waals surface area contributed by atoms with Crippen molar-refractivity contribution in [1.29, 1.82) is 0 Å². The van der Waals surface area contributed by atoms with Crippen molar-refractivity contribution in [2.24, 2.45) is 5.92 Å². The van der Waals surface area contributed by atoms with Crippen LogP contribution in [0.25, 0.3) is 0 Å². The molecule has 0 unspecified atom stereocenters. The number of carbonyl (C=O) groups is 2. The molecule has 0 radical (unpaired) electrons. The first kappa shape index (κ1) is 24.0. The first-order chi connectivity index (χ1) is 16.3. The normalized spacial score (nSPS) is 21.9. The standard InChI is InChI=1S/C27H31N3O3S/c1-5-30-17(4)23(26(32)33-16(2)3)24(29-27(30)34)19-11-13-20(14-12-19)28-25(31)22-15-21(22)18-9-7-6-8-10-18/h6-14,16,21-22,24H,5,15H2,1-4H3,(H,28,31)(H,29,34)/t21-,22+,24+/m0/s1. The molecule has 4 rings (SSSR count). The van der Waals surface area contributed by atoms with Crippen LogP contribution in [0.15, 0.2) is 65.9 Å². The molecule has 34 heavy (non-hydrogen) atoms. The van der Waals surface area contributed by atoms with Gasteiger partial charge in [0.05, 0.1) is 17.7 Å². The molecule has 0 bridgehead atoms. The second-order valence-electron chi connectivity index (χ2n) is 9.05. The summed E-state index contributed by atoms with van der Waals surface area (Å²) in [6.07, 6.45) is 0.647. The molecular formula is C27H31N3O3S. The lowest BCUT2D eigenvalue weighted by Crippen LogP contribution is -2.47. The van der Waals surface area contributed by atoms with Gasteiger partial charge >= 0.3 is 5.97 Å². The van der Waals surface area contributed by atoms with Gasteiger partial charge in [0.15, 0.2) is 5.11 Å². The summed E-state index contributed by atoms with van der Waals surface area (Å²) in [5.41, 5.74) is 4.15. The van der Waals surface area contributed by atoms with Gasteiger partial charge < -0.3 is 20.3 Å². The van der Waals surface area contributed by atoms with Crippen LogP contribution in [0, 0.1) is 5.92 Å². The minimum absolute atomic E-state index is 0.00229. The number of nitrogens with zero attached hydrogens (tertiary/aromatic N) is 1. The van der Waals surface area contributed by atoms with Crippen LogP contribution in [0.2, 0.25) is 0 Å². The van der Waals surface area contributed by atoms with Crippen molar-refractivity contribution < 1.29 is 14.3 Å². The van der Waals surface area contributed by atoms with E-state index in [9.17, 15) is 9.59 Å². The molecule has 2 aromatic carbocycles. The molecule has 2 N–H and O–H groups in total. The summed E-state index contributed by atoms with van der Waals surface area (Å²) in [7, 11) is 0. The monoisotopic (exact) mass is 477 g/mol. The average molecular weight is 478 g/mol. The second kappa shape index (κ2) is 9.97. The molecule has 1 saturated carbocycles. The Morgan fingerprint density at radius 2 is 1.79 bits per heavy atom. The molecule has 2 aliphatic rings. The van der Waals surface area contributed by atoms with Gasteiger partial charge in [0.2, 0.25) is 5.91 Å². The number of ether oxygens (including phenoxy) is 1. The molecular weight excluding hydrogens is 446 g/mol. The third-order valence-electron chi connectivity index (χ3n) is 6.34. The topological polar surface area (TPSA) is 70.7 Å². The van der Waals surface area contributed by atoms with Gasteiger partial charge in [0.25, 0.3) is 0 Å². The summed E-state index contributed by atoms with van der Waals surface area (Å²) in [6.45, 7) is 8.21. The minimum Gasteiger partial charge on any atom is -0.459 e. The number of amides is 1. The molecule has 1 aliphatic heterocycles. The summed E-state index contributed by atoms with van der Waals surface area (Å²) in [5.74, 6) is -0.0299. The Balaban J connectivity index is 1.49. The lowest BCUT2D eigenvalue weighted by atomic mass is 9.94. The second-order valence-corrected chi connectivity index (χ2v) is 9.44. The van der Waals surface area contributed by atoms with Gasteiger partial charge in [-0.3, -0.25) is 4.79 Å². The molecule has 7 heteroatoms. The van der Waals surface area contributed by atoms with E-state index in [1.165, 1.54) is 5.56 Å². The molecule has 1 heterocycles. The van der Waals surface area contributed by atoms with E-state index in [0.29, 0.717) is 17.2 Å². The Labute approximate surface area is 206 Å². The van der Waals surface area contributed by atoms with Crippen molar-refractivity contribution in [2.45, 2.75) is 52.2 Å². The average Bonchev–Trinajstić information content (AvgIpc) is 3.61. The van der Waals surface area contributed by atoms with Crippen LogP contribution in [0.3, 0.4) is 0 Å². The van der Waals surface area contributed by atoms with Crippen LogP contribution < -0.4 is 10.6 Å². The fourth-order valence-corrected chi connectivity index (χ4v) is 4.89.